The molecule has 0 aromatic carbocycles. The second-order valence-electron chi connectivity index (χ2n) is 2.18. The van der Waals surface area contributed by atoms with Crippen molar-refractivity contribution in [3.8, 4) is 0 Å². The van der Waals surface area contributed by atoms with E-state index in [1.54, 1.807) is 12.5 Å². The summed E-state index contributed by atoms with van der Waals surface area (Å²) in [7, 11) is 0. The van der Waals surface area contributed by atoms with Crippen LogP contribution in [-0.4, -0.2) is 12.8 Å². The minimum atomic E-state index is 0.615. The topological polar surface area (TPSA) is 25.5 Å². The second kappa shape index (κ2) is 3.76. The molecular weight excluding hydrogens is 138 g/mol. The largest absolute Gasteiger partial charge is 0.465 e. The zero-order valence-electron chi connectivity index (χ0n) is 6.58. The molecule has 2 nitrogen and oxygen atoms in total. The van der Waals surface area contributed by atoms with Crippen molar-refractivity contribution < 1.29 is 4.42 Å². The highest BCUT2D eigenvalue weighted by Crippen LogP contribution is 2.11. The fraction of sp³-hybridized carbons (Fsp3) is 0.222. The first-order chi connectivity index (χ1) is 5.34. The first-order valence-electron chi connectivity index (χ1n) is 3.50. The van der Waals surface area contributed by atoms with Gasteiger partial charge >= 0.3 is 0 Å². The Morgan fingerprint density at radius 2 is 2.64 bits per heavy atom. The lowest BCUT2D eigenvalue weighted by Gasteiger charge is -1.94. The van der Waals surface area contributed by atoms with E-state index in [4.69, 9.17) is 4.42 Å². The van der Waals surface area contributed by atoms with E-state index in [1.165, 1.54) is 0 Å². The molecule has 0 aliphatic heterocycles. The van der Waals surface area contributed by atoms with Crippen molar-refractivity contribution in [2.24, 2.45) is 4.99 Å². The van der Waals surface area contributed by atoms with Crippen LogP contribution in [0.25, 0.3) is 5.57 Å². The molecule has 0 aliphatic carbocycles. The Labute approximate surface area is 66.3 Å². The summed E-state index contributed by atoms with van der Waals surface area (Å²) in [6, 6.07) is 3.73. The van der Waals surface area contributed by atoms with Gasteiger partial charge < -0.3 is 4.42 Å². The maximum absolute atomic E-state index is 5.12. The summed E-state index contributed by atoms with van der Waals surface area (Å²) >= 11 is 0. The van der Waals surface area contributed by atoms with E-state index in [9.17, 15) is 0 Å². The fourth-order valence-electron chi connectivity index (χ4n) is 0.759. The molecule has 11 heavy (non-hydrogen) atoms. The predicted molar refractivity (Wildman–Crippen MR) is 46.8 cm³/mol. The standard InChI is InChI=1S/C9H11NO/c1-3-10-7-8(2)9-5-4-6-11-9/h3-6H,2,7H2,1H3. The Hall–Kier alpha value is -1.31. The van der Waals surface area contributed by atoms with Gasteiger partial charge in [0.2, 0.25) is 0 Å². The number of furan rings is 1. The van der Waals surface area contributed by atoms with Gasteiger partial charge in [0, 0.05) is 5.57 Å². The Morgan fingerprint density at radius 1 is 1.82 bits per heavy atom. The highest BCUT2D eigenvalue weighted by molar-refractivity contribution is 5.63. The summed E-state index contributed by atoms with van der Waals surface area (Å²) in [5, 5.41) is 0. The van der Waals surface area contributed by atoms with Crippen molar-refractivity contribution in [3.05, 3.63) is 30.7 Å². The zero-order valence-corrected chi connectivity index (χ0v) is 6.58. The fourth-order valence-corrected chi connectivity index (χ4v) is 0.759. The van der Waals surface area contributed by atoms with Gasteiger partial charge in [-0.15, -0.1) is 0 Å². The van der Waals surface area contributed by atoms with Gasteiger partial charge in [0.15, 0.2) is 0 Å². The molecule has 58 valence electrons. The average Bonchev–Trinajstić information content (AvgIpc) is 2.52. The highest BCUT2D eigenvalue weighted by Gasteiger charge is 1.98. The van der Waals surface area contributed by atoms with Gasteiger partial charge in [-0.25, -0.2) is 0 Å². The van der Waals surface area contributed by atoms with E-state index in [2.05, 4.69) is 11.6 Å². The molecule has 0 bridgehead atoms. The summed E-state index contributed by atoms with van der Waals surface area (Å²) < 4.78 is 5.12. The van der Waals surface area contributed by atoms with Crippen LogP contribution in [0.4, 0.5) is 0 Å². The molecule has 0 N–H and O–H groups in total. The third-order valence-electron chi connectivity index (χ3n) is 1.33. The molecule has 1 heterocycles. The molecule has 1 rings (SSSR count). The molecule has 0 saturated heterocycles. The highest BCUT2D eigenvalue weighted by atomic mass is 16.3. The molecular formula is C9H11NO. The number of hydrogen-bond donors (Lipinski definition) is 0. The molecule has 0 spiro atoms. The van der Waals surface area contributed by atoms with Crippen LogP contribution < -0.4 is 0 Å². The van der Waals surface area contributed by atoms with Gasteiger partial charge in [-0.2, -0.15) is 0 Å². The molecule has 0 saturated carbocycles. The smallest absolute Gasteiger partial charge is 0.131 e. The number of rotatable bonds is 3. The Bertz CT molecular complexity index is 247. The van der Waals surface area contributed by atoms with Crippen molar-refractivity contribution >= 4 is 11.8 Å². The number of nitrogens with zero attached hydrogens (tertiary/aromatic N) is 1. The molecule has 2 heteroatoms. The van der Waals surface area contributed by atoms with E-state index in [0.717, 1.165) is 11.3 Å². The quantitative estimate of drug-likeness (QED) is 0.606. The molecule has 0 atom stereocenters. The Balaban J connectivity index is 2.56. The van der Waals surface area contributed by atoms with Gasteiger partial charge in [0.1, 0.15) is 5.76 Å². The zero-order chi connectivity index (χ0) is 8.10. The summed E-state index contributed by atoms with van der Waals surface area (Å²) in [6.45, 7) is 6.33. The maximum atomic E-state index is 5.12. The second-order valence-corrected chi connectivity index (χ2v) is 2.18. The minimum Gasteiger partial charge on any atom is -0.465 e. The summed E-state index contributed by atoms with van der Waals surface area (Å²) in [4.78, 5) is 4.04. The van der Waals surface area contributed by atoms with Crippen LogP contribution in [0.1, 0.15) is 12.7 Å². The lowest BCUT2D eigenvalue weighted by Crippen LogP contribution is -1.83. The van der Waals surface area contributed by atoms with Crippen LogP contribution in [0, 0.1) is 0 Å². The normalized spacial score (nSPS) is 10.6. The van der Waals surface area contributed by atoms with Gasteiger partial charge in [-0.1, -0.05) is 6.58 Å². The van der Waals surface area contributed by atoms with E-state index in [-0.39, 0.29) is 0 Å². The molecule has 0 amide bonds. The third-order valence-corrected chi connectivity index (χ3v) is 1.33. The summed E-state index contributed by atoms with van der Waals surface area (Å²) in [6.07, 6.45) is 3.39. The van der Waals surface area contributed by atoms with Crippen molar-refractivity contribution in [2.75, 3.05) is 6.54 Å². The van der Waals surface area contributed by atoms with Crippen LogP contribution >= 0.6 is 0 Å². The Kier molecular flexibility index (Phi) is 2.66. The lowest BCUT2D eigenvalue weighted by molar-refractivity contribution is 0.552. The van der Waals surface area contributed by atoms with Crippen molar-refractivity contribution in [2.45, 2.75) is 6.92 Å². The van der Waals surface area contributed by atoms with E-state index in [0.29, 0.717) is 6.54 Å². The van der Waals surface area contributed by atoms with E-state index >= 15 is 0 Å². The molecule has 0 unspecified atom stereocenters. The van der Waals surface area contributed by atoms with Crippen molar-refractivity contribution in [3.63, 3.8) is 0 Å². The summed E-state index contributed by atoms with van der Waals surface area (Å²) in [5.41, 5.74) is 0.910. The molecule has 0 fully saturated rings. The van der Waals surface area contributed by atoms with Gasteiger partial charge in [-0.05, 0) is 25.3 Å². The molecule has 0 aliphatic rings. The van der Waals surface area contributed by atoms with Crippen LogP contribution in [0.3, 0.4) is 0 Å². The number of aliphatic imine (C=N–C) groups is 1. The monoisotopic (exact) mass is 149 g/mol. The van der Waals surface area contributed by atoms with Crippen LogP contribution in [0.5, 0.6) is 0 Å². The van der Waals surface area contributed by atoms with Crippen LogP contribution in [0.2, 0.25) is 0 Å². The van der Waals surface area contributed by atoms with Crippen LogP contribution in [0.15, 0.2) is 34.4 Å². The first kappa shape index (κ1) is 7.79. The van der Waals surface area contributed by atoms with Gasteiger partial charge in [-0.3, -0.25) is 4.99 Å². The van der Waals surface area contributed by atoms with Gasteiger partial charge in [0.05, 0.1) is 12.8 Å². The van der Waals surface area contributed by atoms with Gasteiger partial charge in [0.25, 0.3) is 0 Å². The minimum absolute atomic E-state index is 0.615. The summed E-state index contributed by atoms with van der Waals surface area (Å²) in [5.74, 6) is 0.815. The SMILES string of the molecule is C=C(CN=CC)c1ccco1. The number of hydrogen-bond acceptors (Lipinski definition) is 2. The van der Waals surface area contributed by atoms with Crippen molar-refractivity contribution in [1.82, 2.24) is 0 Å². The van der Waals surface area contributed by atoms with E-state index in [1.807, 2.05) is 19.1 Å². The average molecular weight is 149 g/mol. The first-order valence-corrected chi connectivity index (χ1v) is 3.50. The van der Waals surface area contributed by atoms with Crippen LogP contribution in [-0.2, 0) is 0 Å². The molecule has 1 aromatic rings. The molecule has 1 aromatic heterocycles. The maximum Gasteiger partial charge on any atom is 0.131 e. The molecule has 0 radical (unpaired) electrons. The van der Waals surface area contributed by atoms with Crippen molar-refractivity contribution in [1.29, 1.82) is 0 Å². The van der Waals surface area contributed by atoms with E-state index < -0.39 is 0 Å². The third kappa shape index (κ3) is 2.08. The Morgan fingerprint density at radius 3 is 3.18 bits per heavy atom. The lowest BCUT2D eigenvalue weighted by atomic mass is 10.2. The predicted octanol–water partition coefficient (Wildman–Crippen LogP) is 2.38.